The first-order chi connectivity index (χ1) is 11.0. The van der Waals surface area contributed by atoms with Gasteiger partial charge in [0.15, 0.2) is 11.6 Å². The molecule has 0 aromatic heterocycles. The fourth-order valence-corrected chi connectivity index (χ4v) is 2.75. The Balaban J connectivity index is 2.19. The highest BCUT2D eigenvalue weighted by atomic mass is 79.9. The summed E-state index contributed by atoms with van der Waals surface area (Å²) in [6.07, 6.45) is 0. The van der Waals surface area contributed by atoms with Gasteiger partial charge in [0.25, 0.3) is 0 Å². The maximum absolute atomic E-state index is 14.5. The summed E-state index contributed by atoms with van der Waals surface area (Å²) >= 11 is 3.24. The molecular formula is C18H11BrF2O2. The second kappa shape index (κ2) is 6.01. The van der Waals surface area contributed by atoms with Crippen molar-refractivity contribution in [1.82, 2.24) is 0 Å². The van der Waals surface area contributed by atoms with Crippen LogP contribution in [-0.2, 0) is 0 Å². The van der Waals surface area contributed by atoms with Crippen LogP contribution in [0, 0.1) is 11.6 Å². The predicted octanol–water partition coefficient (Wildman–Crippen LogP) is 5.47. The summed E-state index contributed by atoms with van der Waals surface area (Å²) < 4.78 is 29.6. The molecule has 3 aromatic carbocycles. The molecule has 2 N–H and O–H groups in total. The first kappa shape index (κ1) is 15.5. The van der Waals surface area contributed by atoms with Gasteiger partial charge in [-0.3, -0.25) is 0 Å². The first-order valence-corrected chi connectivity index (χ1v) is 7.53. The minimum Gasteiger partial charge on any atom is -0.507 e. The van der Waals surface area contributed by atoms with Crippen molar-refractivity contribution < 1.29 is 19.0 Å². The summed E-state index contributed by atoms with van der Waals surface area (Å²) in [4.78, 5) is 0. The Morgan fingerprint density at radius 3 is 1.87 bits per heavy atom. The SMILES string of the molecule is Oc1ccccc1-c1ccc(-c2cc(Br)ccc2O)c(F)c1F. The largest absolute Gasteiger partial charge is 0.507 e. The molecule has 116 valence electrons. The van der Waals surface area contributed by atoms with Gasteiger partial charge in [0.05, 0.1) is 0 Å². The lowest BCUT2D eigenvalue weighted by atomic mass is 9.98. The molecule has 0 saturated heterocycles. The molecule has 2 nitrogen and oxygen atoms in total. The van der Waals surface area contributed by atoms with Gasteiger partial charge in [0, 0.05) is 26.7 Å². The maximum atomic E-state index is 14.5. The molecule has 3 aromatic rings. The molecule has 0 radical (unpaired) electrons. The fraction of sp³-hybridized carbons (Fsp3) is 0. The van der Waals surface area contributed by atoms with Crippen molar-refractivity contribution in [3.05, 3.63) is 70.7 Å². The summed E-state index contributed by atoms with van der Waals surface area (Å²) in [6, 6.07) is 13.4. The van der Waals surface area contributed by atoms with E-state index in [9.17, 15) is 19.0 Å². The number of rotatable bonds is 2. The number of phenolic OH excluding ortho intramolecular Hbond substituents is 2. The highest BCUT2D eigenvalue weighted by molar-refractivity contribution is 9.10. The number of benzene rings is 3. The van der Waals surface area contributed by atoms with Crippen LogP contribution in [0.2, 0.25) is 0 Å². The van der Waals surface area contributed by atoms with Crippen LogP contribution in [0.4, 0.5) is 8.78 Å². The van der Waals surface area contributed by atoms with Gasteiger partial charge < -0.3 is 10.2 Å². The summed E-state index contributed by atoms with van der Waals surface area (Å²) in [5, 5.41) is 19.7. The molecule has 0 aliphatic carbocycles. The van der Waals surface area contributed by atoms with Crippen LogP contribution >= 0.6 is 15.9 Å². The second-order valence-electron chi connectivity index (χ2n) is 4.97. The van der Waals surface area contributed by atoms with E-state index >= 15 is 0 Å². The molecule has 0 fully saturated rings. The number of phenols is 2. The minimum absolute atomic E-state index is 0.0427. The van der Waals surface area contributed by atoms with Gasteiger partial charge in [-0.05, 0) is 24.3 Å². The fourth-order valence-electron chi connectivity index (χ4n) is 2.39. The summed E-state index contributed by atoms with van der Waals surface area (Å²) in [5.41, 5.74) is 0.285. The molecule has 0 bridgehead atoms. The van der Waals surface area contributed by atoms with Gasteiger partial charge in [-0.2, -0.15) is 0 Å². The Bertz CT molecular complexity index is 894. The molecule has 0 heterocycles. The maximum Gasteiger partial charge on any atom is 0.167 e. The Morgan fingerprint density at radius 1 is 0.652 bits per heavy atom. The van der Waals surface area contributed by atoms with Gasteiger partial charge >= 0.3 is 0 Å². The van der Waals surface area contributed by atoms with Crippen LogP contribution < -0.4 is 0 Å². The molecule has 0 amide bonds. The third-order valence-electron chi connectivity index (χ3n) is 3.53. The third-order valence-corrected chi connectivity index (χ3v) is 4.02. The van der Waals surface area contributed by atoms with Crippen molar-refractivity contribution in [3.63, 3.8) is 0 Å². The highest BCUT2D eigenvalue weighted by Gasteiger charge is 2.19. The van der Waals surface area contributed by atoms with E-state index in [1.165, 1.54) is 36.4 Å². The van der Waals surface area contributed by atoms with Crippen molar-refractivity contribution >= 4 is 15.9 Å². The van der Waals surface area contributed by atoms with Gasteiger partial charge in [-0.15, -0.1) is 0 Å². The lowest BCUT2D eigenvalue weighted by Gasteiger charge is -2.11. The highest BCUT2D eigenvalue weighted by Crippen LogP contribution is 2.38. The molecule has 0 aliphatic heterocycles. The zero-order valence-corrected chi connectivity index (χ0v) is 13.3. The number of hydrogen-bond acceptors (Lipinski definition) is 2. The van der Waals surface area contributed by atoms with E-state index in [0.29, 0.717) is 4.47 Å². The Morgan fingerprint density at radius 2 is 1.22 bits per heavy atom. The van der Waals surface area contributed by atoms with Crippen molar-refractivity contribution in [2.45, 2.75) is 0 Å². The smallest absolute Gasteiger partial charge is 0.167 e. The third kappa shape index (κ3) is 2.80. The zero-order valence-electron chi connectivity index (χ0n) is 11.7. The average molecular weight is 377 g/mol. The molecule has 0 aliphatic rings. The quantitative estimate of drug-likeness (QED) is 0.622. The lowest BCUT2D eigenvalue weighted by molar-refractivity contribution is 0.473. The lowest BCUT2D eigenvalue weighted by Crippen LogP contribution is -1.94. The van der Waals surface area contributed by atoms with Crippen molar-refractivity contribution in [2.75, 3.05) is 0 Å². The van der Waals surface area contributed by atoms with Crippen LogP contribution in [0.25, 0.3) is 22.3 Å². The average Bonchev–Trinajstić information content (AvgIpc) is 2.53. The van der Waals surface area contributed by atoms with Gasteiger partial charge in [0.1, 0.15) is 11.5 Å². The standard InChI is InChI=1S/C18H11BrF2O2/c19-10-5-8-16(23)14(9-10)13-7-6-12(17(20)18(13)21)11-3-1-2-4-15(11)22/h1-9,22-23H. The molecular weight excluding hydrogens is 366 g/mol. The summed E-state index contributed by atoms with van der Waals surface area (Å²) in [7, 11) is 0. The van der Waals surface area contributed by atoms with Gasteiger partial charge in [-0.25, -0.2) is 8.78 Å². The van der Waals surface area contributed by atoms with Gasteiger partial charge in [0.2, 0.25) is 0 Å². The zero-order chi connectivity index (χ0) is 16.6. The molecule has 0 spiro atoms. The van der Waals surface area contributed by atoms with E-state index < -0.39 is 11.6 Å². The minimum atomic E-state index is -1.08. The molecule has 5 heteroatoms. The van der Waals surface area contributed by atoms with E-state index in [0.717, 1.165) is 0 Å². The normalized spacial score (nSPS) is 10.7. The van der Waals surface area contributed by atoms with E-state index in [2.05, 4.69) is 15.9 Å². The van der Waals surface area contributed by atoms with Crippen molar-refractivity contribution in [1.29, 1.82) is 0 Å². The second-order valence-corrected chi connectivity index (χ2v) is 5.88. The van der Waals surface area contributed by atoms with E-state index in [-0.39, 0.29) is 33.8 Å². The van der Waals surface area contributed by atoms with Crippen LogP contribution in [0.15, 0.2) is 59.1 Å². The van der Waals surface area contributed by atoms with Crippen LogP contribution in [-0.4, -0.2) is 10.2 Å². The number of hydrogen-bond donors (Lipinski definition) is 2. The summed E-state index contributed by atoms with van der Waals surface area (Å²) in [6.45, 7) is 0. The molecule has 23 heavy (non-hydrogen) atoms. The Labute approximate surface area is 139 Å². The first-order valence-electron chi connectivity index (χ1n) is 6.74. The number of aromatic hydroxyl groups is 2. The van der Waals surface area contributed by atoms with Crippen LogP contribution in [0.5, 0.6) is 11.5 Å². The molecule has 0 saturated carbocycles. The van der Waals surface area contributed by atoms with Gasteiger partial charge in [-0.1, -0.05) is 46.3 Å². The molecule has 0 atom stereocenters. The van der Waals surface area contributed by atoms with Crippen LogP contribution in [0.3, 0.4) is 0 Å². The molecule has 0 unspecified atom stereocenters. The number of para-hydroxylation sites is 1. The monoisotopic (exact) mass is 376 g/mol. The Hall–Kier alpha value is -2.40. The van der Waals surface area contributed by atoms with E-state index in [1.807, 2.05) is 0 Å². The van der Waals surface area contributed by atoms with Crippen molar-refractivity contribution in [2.24, 2.45) is 0 Å². The topological polar surface area (TPSA) is 40.5 Å². The van der Waals surface area contributed by atoms with Crippen LogP contribution in [0.1, 0.15) is 0 Å². The Kier molecular flexibility index (Phi) is 4.05. The molecule has 3 rings (SSSR count). The van der Waals surface area contributed by atoms with E-state index in [1.54, 1.807) is 18.2 Å². The predicted molar refractivity (Wildman–Crippen MR) is 88.3 cm³/mol. The number of halogens is 3. The summed E-state index contributed by atoms with van der Waals surface area (Å²) in [5.74, 6) is -2.45. The van der Waals surface area contributed by atoms with E-state index in [4.69, 9.17) is 0 Å². The van der Waals surface area contributed by atoms with Crippen molar-refractivity contribution in [3.8, 4) is 33.8 Å².